The molecule has 4 N–H and O–H groups in total. The zero-order chi connectivity index (χ0) is 22.2. The highest BCUT2D eigenvalue weighted by Gasteiger charge is 2.14. The minimum absolute atomic E-state index is 0.0201. The highest BCUT2D eigenvalue weighted by molar-refractivity contribution is 5.67. The number of carboxylic acid groups (broad SMARTS) is 1. The van der Waals surface area contributed by atoms with Gasteiger partial charge in [0.05, 0.1) is 18.8 Å². The van der Waals surface area contributed by atoms with Crippen LogP contribution in [0.5, 0.6) is 5.75 Å². The molecule has 8 heteroatoms. The zero-order valence-electron chi connectivity index (χ0n) is 16.6. The van der Waals surface area contributed by atoms with Gasteiger partial charge in [0.1, 0.15) is 30.9 Å². The molecule has 0 heterocycles. The Morgan fingerprint density at radius 3 is 2.50 bits per heavy atom. The van der Waals surface area contributed by atoms with Crippen molar-refractivity contribution in [1.82, 2.24) is 5.32 Å². The third-order valence-corrected chi connectivity index (χ3v) is 3.59. The van der Waals surface area contributed by atoms with Crippen LogP contribution in [-0.4, -0.2) is 66.4 Å². The minimum Gasteiger partial charge on any atom is -0.491 e. The van der Waals surface area contributed by atoms with E-state index in [1.54, 1.807) is 31.4 Å². The number of aliphatic hydroxyl groups excluding tert-OH is 2. The van der Waals surface area contributed by atoms with Crippen LogP contribution >= 0.6 is 0 Å². The van der Waals surface area contributed by atoms with Crippen LogP contribution in [0.3, 0.4) is 0 Å². The van der Waals surface area contributed by atoms with Gasteiger partial charge in [-0.2, -0.15) is 0 Å². The van der Waals surface area contributed by atoms with E-state index >= 15 is 0 Å². The van der Waals surface area contributed by atoms with Gasteiger partial charge in [-0.1, -0.05) is 30.1 Å². The Bertz CT molecular complexity index is 779. The van der Waals surface area contributed by atoms with Crippen LogP contribution < -0.4 is 10.1 Å². The van der Waals surface area contributed by atoms with Crippen LogP contribution in [0.1, 0.15) is 0 Å². The Labute approximate surface area is 175 Å². The third-order valence-electron chi connectivity index (χ3n) is 3.59. The fraction of sp³-hybridized carbons (Fsp3) is 0.318. The molecule has 0 unspecified atom stereocenters. The van der Waals surface area contributed by atoms with Gasteiger partial charge in [0, 0.05) is 0 Å². The number of hydrogen-bond acceptors (Lipinski definition) is 6. The topological polar surface area (TPSA) is 108 Å². The summed E-state index contributed by atoms with van der Waals surface area (Å²) in [5.74, 6) is 4.49. The summed E-state index contributed by atoms with van der Waals surface area (Å²) in [6.07, 6.45) is 7.86. The third kappa shape index (κ3) is 11.8. The van der Waals surface area contributed by atoms with E-state index in [1.165, 1.54) is 36.4 Å². The molecular weight excluding hydrogens is 393 g/mol. The summed E-state index contributed by atoms with van der Waals surface area (Å²) < 4.78 is 23.0. The number of likely N-dealkylation sites (N-methyl/N-ethyl adjacent to an activating group) is 1. The predicted octanol–water partition coefficient (Wildman–Crippen LogP) is 1.29. The Morgan fingerprint density at radius 2 is 1.83 bits per heavy atom. The first kappa shape index (κ1) is 25.1. The maximum atomic E-state index is 12.8. The number of carboxylic acids is 1. The molecule has 1 aromatic rings. The Balaban J connectivity index is 2.33. The van der Waals surface area contributed by atoms with Crippen molar-refractivity contribution in [3.63, 3.8) is 0 Å². The van der Waals surface area contributed by atoms with E-state index in [9.17, 15) is 19.4 Å². The number of aliphatic hydroxyl groups is 2. The number of ether oxygens (including phenoxy) is 2. The molecular formula is C22H26FNO6. The molecule has 0 aliphatic carbocycles. The lowest BCUT2D eigenvalue weighted by molar-refractivity contribution is -0.143. The lowest BCUT2D eigenvalue weighted by Crippen LogP contribution is -2.39. The van der Waals surface area contributed by atoms with Crippen LogP contribution in [0.4, 0.5) is 4.39 Å². The molecule has 3 atom stereocenters. The molecule has 0 spiro atoms. The Kier molecular flexibility index (Phi) is 12.5. The first-order valence-electron chi connectivity index (χ1n) is 9.14. The summed E-state index contributed by atoms with van der Waals surface area (Å²) in [6, 6.07) is 5.09. The summed E-state index contributed by atoms with van der Waals surface area (Å²) in [7, 11) is 1.66. The van der Waals surface area contributed by atoms with E-state index in [2.05, 4.69) is 17.2 Å². The average molecular weight is 419 g/mol. The van der Waals surface area contributed by atoms with Gasteiger partial charge >= 0.3 is 5.97 Å². The quantitative estimate of drug-likeness (QED) is 0.299. The molecule has 1 rings (SSSR count). The highest BCUT2D eigenvalue weighted by atomic mass is 19.1. The second kappa shape index (κ2) is 15.0. The molecule has 0 saturated carbocycles. The summed E-state index contributed by atoms with van der Waals surface area (Å²) >= 11 is 0. The van der Waals surface area contributed by atoms with Crippen molar-refractivity contribution in [3.05, 3.63) is 66.5 Å². The molecule has 1 aromatic carbocycles. The number of allylic oxidation sites excluding steroid dienone is 4. The van der Waals surface area contributed by atoms with Crippen LogP contribution in [0.2, 0.25) is 0 Å². The standard InChI is InChI=1S/C22H26FNO6/c1-24-20(21(26)15-29-16-22(27)28)9-7-5-3-2-4-6-8-18(25)14-30-19-12-10-17(23)11-13-19/h3,5-13,18,20-21,24-26H,14-16H2,1H3,(H,27,28)/b5-3+,8-6+,9-7+/t18-,20+,21+/m0/s1. The molecule has 0 saturated heterocycles. The largest absolute Gasteiger partial charge is 0.491 e. The lowest BCUT2D eigenvalue weighted by Gasteiger charge is -2.18. The summed E-state index contributed by atoms with van der Waals surface area (Å²) in [5, 5.41) is 31.1. The second-order valence-electron chi connectivity index (χ2n) is 6.01. The van der Waals surface area contributed by atoms with Crippen molar-refractivity contribution in [2.45, 2.75) is 18.2 Å². The van der Waals surface area contributed by atoms with Crippen LogP contribution in [0, 0.1) is 17.7 Å². The number of nitrogens with one attached hydrogen (secondary N) is 1. The number of halogens is 1. The van der Waals surface area contributed by atoms with E-state index < -0.39 is 30.8 Å². The molecule has 0 amide bonds. The molecule has 0 bridgehead atoms. The Morgan fingerprint density at radius 1 is 1.13 bits per heavy atom. The predicted molar refractivity (Wildman–Crippen MR) is 110 cm³/mol. The van der Waals surface area contributed by atoms with Gasteiger partial charge in [-0.25, -0.2) is 9.18 Å². The molecule has 0 aliphatic heterocycles. The van der Waals surface area contributed by atoms with Gasteiger partial charge in [-0.15, -0.1) is 0 Å². The number of benzene rings is 1. The maximum Gasteiger partial charge on any atom is 0.329 e. The maximum absolute atomic E-state index is 12.8. The number of aliphatic carboxylic acids is 1. The number of carbonyl (C=O) groups is 1. The van der Waals surface area contributed by atoms with Crippen LogP contribution in [0.15, 0.2) is 60.7 Å². The van der Waals surface area contributed by atoms with Gasteiger partial charge < -0.3 is 30.1 Å². The lowest BCUT2D eigenvalue weighted by atomic mass is 10.1. The molecule has 0 fully saturated rings. The second-order valence-corrected chi connectivity index (χ2v) is 6.01. The van der Waals surface area contributed by atoms with Crippen molar-refractivity contribution in [2.75, 3.05) is 26.9 Å². The Hall–Kier alpha value is -2.96. The van der Waals surface area contributed by atoms with Crippen molar-refractivity contribution in [1.29, 1.82) is 0 Å². The summed E-state index contributed by atoms with van der Waals surface area (Å²) in [6.45, 7) is -0.552. The molecule has 0 radical (unpaired) electrons. The van der Waals surface area contributed by atoms with Gasteiger partial charge in [-0.3, -0.25) is 0 Å². The van der Waals surface area contributed by atoms with E-state index in [0.717, 1.165) is 0 Å². The monoisotopic (exact) mass is 419 g/mol. The van der Waals surface area contributed by atoms with Crippen LogP contribution in [-0.2, 0) is 9.53 Å². The van der Waals surface area contributed by atoms with E-state index in [4.69, 9.17) is 14.6 Å². The van der Waals surface area contributed by atoms with E-state index in [1.807, 2.05) is 0 Å². The van der Waals surface area contributed by atoms with Crippen molar-refractivity contribution in [3.8, 4) is 17.6 Å². The SMILES string of the molecule is CN[C@H](/C=C/C=C/C#C/C=C/[C@H](O)COc1ccc(F)cc1)[C@H](O)COCC(=O)O. The normalized spacial score (nSPS) is 14.5. The van der Waals surface area contributed by atoms with E-state index in [-0.39, 0.29) is 19.0 Å². The first-order valence-corrected chi connectivity index (χ1v) is 9.14. The van der Waals surface area contributed by atoms with Crippen molar-refractivity contribution >= 4 is 5.97 Å². The molecule has 7 nitrogen and oxygen atoms in total. The van der Waals surface area contributed by atoms with Crippen LogP contribution in [0.25, 0.3) is 0 Å². The highest BCUT2D eigenvalue weighted by Crippen LogP contribution is 2.11. The molecule has 0 aliphatic rings. The minimum atomic E-state index is -1.10. The fourth-order valence-electron chi connectivity index (χ4n) is 2.10. The molecule has 30 heavy (non-hydrogen) atoms. The molecule has 0 aromatic heterocycles. The van der Waals surface area contributed by atoms with E-state index in [0.29, 0.717) is 5.75 Å². The molecule has 162 valence electrons. The van der Waals surface area contributed by atoms with Gasteiger partial charge in [0.15, 0.2) is 0 Å². The fourth-order valence-corrected chi connectivity index (χ4v) is 2.10. The van der Waals surface area contributed by atoms with Crippen molar-refractivity contribution < 1.29 is 34.0 Å². The number of rotatable bonds is 12. The summed E-state index contributed by atoms with van der Waals surface area (Å²) in [4.78, 5) is 10.4. The van der Waals surface area contributed by atoms with Gasteiger partial charge in [0.2, 0.25) is 0 Å². The zero-order valence-corrected chi connectivity index (χ0v) is 16.6. The average Bonchev–Trinajstić information content (AvgIpc) is 2.72. The van der Waals surface area contributed by atoms with Gasteiger partial charge in [0.25, 0.3) is 0 Å². The summed E-state index contributed by atoms with van der Waals surface area (Å²) in [5.41, 5.74) is 0. The first-order chi connectivity index (χ1) is 14.4. The number of hydrogen-bond donors (Lipinski definition) is 4. The smallest absolute Gasteiger partial charge is 0.329 e. The van der Waals surface area contributed by atoms with Crippen molar-refractivity contribution in [2.24, 2.45) is 0 Å². The van der Waals surface area contributed by atoms with Gasteiger partial charge in [-0.05, 0) is 49.5 Å².